The molecule has 2 fully saturated rings. The van der Waals surface area contributed by atoms with E-state index in [1.807, 2.05) is 25.1 Å². The number of amides is 1. The average molecular weight is 381 g/mol. The molecule has 2 aliphatic heterocycles. The molecule has 2 bridgehead atoms. The molecule has 3 heterocycles. The van der Waals surface area contributed by atoms with E-state index < -0.39 is 0 Å². The third kappa shape index (κ3) is 4.44. The molecule has 4 rings (SSSR count). The molecule has 2 saturated heterocycles. The molecule has 1 aromatic heterocycles. The number of pyridine rings is 1. The van der Waals surface area contributed by atoms with Gasteiger partial charge in [-0.25, -0.2) is 0 Å². The van der Waals surface area contributed by atoms with Crippen LogP contribution in [0.1, 0.15) is 48.5 Å². The Morgan fingerprint density at radius 3 is 2.71 bits per heavy atom. The molecule has 28 heavy (non-hydrogen) atoms. The van der Waals surface area contributed by atoms with Crippen molar-refractivity contribution >= 4 is 5.91 Å². The van der Waals surface area contributed by atoms with E-state index >= 15 is 0 Å². The Bertz CT molecular complexity index is 800. The van der Waals surface area contributed by atoms with Crippen LogP contribution in [0.25, 0.3) is 0 Å². The van der Waals surface area contributed by atoms with E-state index in [2.05, 4.69) is 15.6 Å². The lowest BCUT2D eigenvalue weighted by Crippen LogP contribution is -2.48. The second-order valence-electron chi connectivity index (χ2n) is 7.52. The van der Waals surface area contributed by atoms with Crippen LogP contribution in [0.3, 0.4) is 0 Å². The molecule has 2 N–H and O–H groups in total. The fourth-order valence-electron chi connectivity index (χ4n) is 4.13. The van der Waals surface area contributed by atoms with Crippen molar-refractivity contribution in [1.82, 2.24) is 15.6 Å². The van der Waals surface area contributed by atoms with Gasteiger partial charge in [-0.05, 0) is 56.9 Å². The molecule has 6 nitrogen and oxygen atoms in total. The summed E-state index contributed by atoms with van der Waals surface area (Å²) in [4.78, 5) is 16.9. The van der Waals surface area contributed by atoms with Gasteiger partial charge in [-0.1, -0.05) is 6.07 Å². The summed E-state index contributed by atoms with van der Waals surface area (Å²) >= 11 is 0. The number of nitrogens with one attached hydrogen (secondary N) is 2. The van der Waals surface area contributed by atoms with Gasteiger partial charge in [-0.3, -0.25) is 9.78 Å². The molecule has 0 spiro atoms. The van der Waals surface area contributed by atoms with E-state index in [-0.39, 0.29) is 11.9 Å². The molecule has 2 aliphatic rings. The van der Waals surface area contributed by atoms with Crippen molar-refractivity contribution in [3.05, 3.63) is 53.9 Å². The Hall–Kier alpha value is -2.60. The molecule has 2 unspecified atom stereocenters. The van der Waals surface area contributed by atoms with Crippen molar-refractivity contribution in [2.45, 2.75) is 57.3 Å². The quantitative estimate of drug-likeness (QED) is 0.771. The second kappa shape index (κ2) is 8.61. The van der Waals surface area contributed by atoms with Gasteiger partial charge in [0.2, 0.25) is 0 Å². The normalized spacial score (nSPS) is 23.2. The summed E-state index contributed by atoms with van der Waals surface area (Å²) in [7, 11) is 0. The lowest BCUT2D eigenvalue weighted by atomic mass is 9.99. The monoisotopic (exact) mass is 381 g/mol. The van der Waals surface area contributed by atoms with Gasteiger partial charge in [0, 0.05) is 41.6 Å². The van der Waals surface area contributed by atoms with E-state index in [4.69, 9.17) is 9.47 Å². The summed E-state index contributed by atoms with van der Waals surface area (Å²) in [6.45, 7) is 2.83. The van der Waals surface area contributed by atoms with Crippen molar-refractivity contribution in [3.8, 4) is 11.5 Å². The SMILES string of the molecule is CCOc1cc(C(=O)NC2CC3CCC(C2)N3)ccc1OCc1cccnc1. The third-order valence-corrected chi connectivity index (χ3v) is 5.43. The molecule has 0 radical (unpaired) electrons. The minimum atomic E-state index is -0.0499. The molecule has 6 heteroatoms. The van der Waals surface area contributed by atoms with Crippen LogP contribution >= 0.6 is 0 Å². The first-order valence-corrected chi connectivity index (χ1v) is 10.1. The van der Waals surface area contributed by atoms with Gasteiger partial charge >= 0.3 is 0 Å². The maximum Gasteiger partial charge on any atom is 0.251 e. The summed E-state index contributed by atoms with van der Waals surface area (Å²) in [6.07, 6.45) is 7.95. The summed E-state index contributed by atoms with van der Waals surface area (Å²) < 4.78 is 11.6. The minimum absolute atomic E-state index is 0.0499. The predicted octanol–water partition coefficient (Wildman–Crippen LogP) is 3.07. The highest BCUT2D eigenvalue weighted by molar-refractivity contribution is 5.95. The van der Waals surface area contributed by atoms with Crippen LogP contribution < -0.4 is 20.1 Å². The summed E-state index contributed by atoms with van der Waals surface area (Å²) in [5.74, 6) is 1.16. The number of carbonyl (C=O) groups is 1. The highest BCUT2D eigenvalue weighted by Crippen LogP contribution is 2.30. The maximum atomic E-state index is 12.8. The maximum absolute atomic E-state index is 12.8. The lowest BCUT2D eigenvalue weighted by Gasteiger charge is -2.29. The van der Waals surface area contributed by atoms with Crippen LogP contribution in [-0.4, -0.2) is 35.6 Å². The van der Waals surface area contributed by atoms with Crippen LogP contribution in [0.2, 0.25) is 0 Å². The lowest BCUT2D eigenvalue weighted by molar-refractivity contribution is 0.0923. The number of piperidine rings is 1. The first-order chi connectivity index (χ1) is 13.7. The topological polar surface area (TPSA) is 72.5 Å². The molecule has 0 saturated carbocycles. The largest absolute Gasteiger partial charge is 0.490 e. The molecule has 2 aromatic rings. The predicted molar refractivity (Wildman–Crippen MR) is 107 cm³/mol. The Morgan fingerprint density at radius 1 is 1.18 bits per heavy atom. The summed E-state index contributed by atoms with van der Waals surface area (Å²) in [5.41, 5.74) is 1.58. The number of fused-ring (bicyclic) bond motifs is 2. The highest BCUT2D eigenvalue weighted by Gasteiger charge is 2.34. The number of nitrogens with zero attached hydrogens (tertiary/aromatic N) is 1. The van der Waals surface area contributed by atoms with Gasteiger partial charge in [0.15, 0.2) is 11.5 Å². The Kier molecular flexibility index (Phi) is 5.76. The van der Waals surface area contributed by atoms with Gasteiger partial charge in [-0.15, -0.1) is 0 Å². The number of hydrogen-bond acceptors (Lipinski definition) is 5. The van der Waals surface area contributed by atoms with E-state index in [0.717, 1.165) is 18.4 Å². The first kappa shape index (κ1) is 18.7. The zero-order valence-corrected chi connectivity index (χ0v) is 16.2. The number of ether oxygens (including phenoxy) is 2. The van der Waals surface area contributed by atoms with Gasteiger partial charge in [-0.2, -0.15) is 0 Å². The minimum Gasteiger partial charge on any atom is -0.490 e. The van der Waals surface area contributed by atoms with Crippen LogP contribution in [0.5, 0.6) is 11.5 Å². The van der Waals surface area contributed by atoms with E-state index in [9.17, 15) is 4.79 Å². The standard InChI is InChI=1S/C22H27N3O3/c1-2-27-21-10-16(5-8-20(21)28-14-15-4-3-9-23-13-15)22(26)25-19-11-17-6-7-18(12-19)24-17/h3-5,8-10,13,17-19,24H,2,6-7,11-12,14H2,1H3,(H,25,26). The summed E-state index contributed by atoms with van der Waals surface area (Å²) in [5, 5.41) is 6.80. The average Bonchev–Trinajstić information content (AvgIpc) is 3.06. The Balaban J connectivity index is 1.42. The number of hydrogen-bond donors (Lipinski definition) is 2. The van der Waals surface area contributed by atoms with Crippen LogP contribution in [0.4, 0.5) is 0 Å². The number of rotatable bonds is 7. The van der Waals surface area contributed by atoms with Crippen LogP contribution in [0, 0.1) is 0 Å². The number of benzene rings is 1. The molecular formula is C22H27N3O3. The van der Waals surface area contributed by atoms with Gasteiger partial charge < -0.3 is 20.1 Å². The van der Waals surface area contributed by atoms with Gasteiger partial charge in [0.05, 0.1) is 6.61 Å². The van der Waals surface area contributed by atoms with Gasteiger partial charge in [0.25, 0.3) is 5.91 Å². The third-order valence-electron chi connectivity index (χ3n) is 5.43. The van der Waals surface area contributed by atoms with E-state index in [1.165, 1.54) is 12.8 Å². The van der Waals surface area contributed by atoms with Crippen LogP contribution in [0.15, 0.2) is 42.7 Å². The molecular weight excluding hydrogens is 354 g/mol. The van der Waals surface area contributed by atoms with Crippen molar-refractivity contribution in [3.63, 3.8) is 0 Å². The van der Waals surface area contributed by atoms with E-state index in [0.29, 0.717) is 42.4 Å². The highest BCUT2D eigenvalue weighted by atomic mass is 16.5. The number of carbonyl (C=O) groups excluding carboxylic acids is 1. The van der Waals surface area contributed by atoms with Crippen molar-refractivity contribution in [2.75, 3.05) is 6.61 Å². The fourth-order valence-corrected chi connectivity index (χ4v) is 4.13. The van der Waals surface area contributed by atoms with Crippen molar-refractivity contribution < 1.29 is 14.3 Å². The molecule has 1 amide bonds. The molecule has 0 aliphatic carbocycles. The number of aromatic nitrogens is 1. The van der Waals surface area contributed by atoms with Crippen molar-refractivity contribution in [1.29, 1.82) is 0 Å². The molecule has 2 atom stereocenters. The second-order valence-corrected chi connectivity index (χ2v) is 7.52. The zero-order valence-electron chi connectivity index (χ0n) is 16.2. The van der Waals surface area contributed by atoms with Gasteiger partial charge in [0.1, 0.15) is 6.61 Å². The molecule has 148 valence electrons. The Morgan fingerprint density at radius 2 is 2.00 bits per heavy atom. The van der Waals surface area contributed by atoms with E-state index in [1.54, 1.807) is 24.5 Å². The van der Waals surface area contributed by atoms with Crippen molar-refractivity contribution in [2.24, 2.45) is 0 Å². The smallest absolute Gasteiger partial charge is 0.251 e. The zero-order chi connectivity index (χ0) is 19.3. The Labute approximate surface area is 165 Å². The first-order valence-electron chi connectivity index (χ1n) is 10.1. The summed E-state index contributed by atoms with van der Waals surface area (Å²) in [6, 6.07) is 10.5. The molecule has 1 aromatic carbocycles. The fraction of sp³-hybridized carbons (Fsp3) is 0.455. The van der Waals surface area contributed by atoms with Crippen LogP contribution in [-0.2, 0) is 6.61 Å².